The number of rotatable bonds is 4. The van der Waals surface area contributed by atoms with Crippen molar-refractivity contribution in [3.8, 4) is 5.82 Å². The average molecular weight is 350 g/mol. The molecule has 0 atom stereocenters. The summed E-state index contributed by atoms with van der Waals surface area (Å²) < 4.78 is 3.65. The first-order valence-electron chi connectivity index (χ1n) is 8.96. The molecular weight excluding hydrogens is 328 g/mol. The van der Waals surface area contributed by atoms with Gasteiger partial charge in [-0.2, -0.15) is 10.2 Å². The molecule has 1 N–H and O–H groups in total. The van der Waals surface area contributed by atoms with Crippen LogP contribution in [0.2, 0.25) is 0 Å². The molecule has 7 nitrogen and oxygen atoms in total. The first kappa shape index (κ1) is 16.5. The van der Waals surface area contributed by atoms with E-state index in [-0.39, 0.29) is 5.91 Å². The topological polar surface area (TPSA) is 77.6 Å². The van der Waals surface area contributed by atoms with Crippen molar-refractivity contribution >= 4 is 11.7 Å². The van der Waals surface area contributed by atoms with Gasteiger partial charge in [-0.05, 0) is 38.8 Å². The lowest BCUT2D eigenvalue weighted by molar-refractivity contribution is 0.102. The Morgan fingerprint density at radius 1 is 1.15 bits per heavy atom. The van der Waals surface area contributed by atoms with Gasteiger partial charge in [-0.3, -0.25) is 4.79 Å². The third-order valence-electron chi connectivity index (χ3n) is 5.00. The largest absolute Gasteiger partial charge is 0.306 e. The van der Waals surface area contributed by atoms with Crippen LogP contribution in [0.1, 0.15) is 53.3 Å². The molecule has 0 unspecified atom stereocenters. The number of carbonyl (C=O) groups is 1. The molecule has 3 heterocycles. The molecule has 0 bridgehead atoms. The minimum absolute atomic E-state index is 0.174. The van der Waals surface area contributed by atoms with Gasteiger partial charge in [0.25, 0.3) is 5.91 Å². The number of nitrogens with one attached hydrogen (secondary N) is 1. The van der Waals surface area contributed by atoms with Gasteiger partial charge < -0.3 is 5.32 Å². The molecule has 1 aliphatic rings. The van der Waals surface area contributed by atoms with Crippen molar-refractivity contribution in [1.29, 1.82) is 0 Å². The summed E-state index contributed by atoms with van der Waals surface area (Å²) in [5.74, 6) is 1.30. The van der Waals surface area contributed by atoms with Crippen molar-refractivity contribution in [3.05, 3.63) is 53.6 Å². The Morgan fingerprint density at radius 2 is 1.96 bits per heavy atom. The van der Waals surface area contributed by atoms with Crippen molar-refractivity contribution in [1.82, 2.24) is 24.5 Å². The third-order valence-corrected chi connectivity index (χ3v) is 5.00. The van der Waals surface area contributed by atoms with E-state index in [1.165, 1.54) is 12.8 Å². The number of aryl methyl sites for hydroxylation is 1. The Labute approximate surface area is 152 Å². The first-order chi connectivity index (χ1) is 12.6. The molecule has 0 spiro atoms. The maximum absolute atomic E-state index is 12.9. The number of aromatic nitrogens is 5. The lowest BCUT2D eigenvalue weighted by Crippen LogP contribution is -2.19. The fourth-order valence-corrected chi connectivity index (χ4v) is 3.55. The fourth-order valence-electron chi connectivity index (χ4n) is 3.55. The maximum Gasteiger partial charge on any atom is 0.260 e. The van der Waals surface area contributed by atoms with Crippen LogP contribution in [0, 0.1) is 13.8 Å². The zero-order valence-corrected chi connectivity index (χ0v) is 15.0. The van der Waals surface area contributed by atoms with Crippen LogP contribution in [0.4, 0.5) is 5.82 Å². The van der Waals surface area contributed by atoms with Crippen LogP contribution in [0.3, 0.4) is 0 Å². The Hall–Kier alpha value is -2.96. The van der Waals surface area contributed by atoms with Gasteiger partial charge in [0.1, 0.15) is 5.82 Å². The molecule has 0 aliphatic heterocycles. The molecular formula is C19H22N6O. The van der Waals surface area contributed by atoms with Gasteiger partial charge in [-0.25, -0.2) is 14.3 Å². The summed E-state index contributed by atoms with van der Waals surface area (Å²) >= 11 is 0. The number of amides is 1. The van der Waals surface area contributed by atoms with Crippen LogP contribution in [-0.4, -0.2) is 30.5 Å². The van der Waals surface area contributed by atoms with Gasteiger partial charge in [0.05, 0.1) is 29.7 Å². The average Bonchev–Trinajstić information content (AvgIpc) is 3.37. The SMILES string of the molecule is Cc1cnn(C2CCCC2)c1NC(=O)c1cnn(-c2ccccn2)c1C. The van der Waals surface area contributed by atoms with Crippen LogP contribution in [-0.2, 0) is 0 Å². The number of carbonyl (C=O) groups excluding carboxylic acids is 1. The molecule has 26 heavy (non-hydrogen) atoms. The van der Waals surface area contributed by atoms with E-state index in [0.717, 1.165) is 29.9 Å². The summed E-state index contributed by atoms with van der Waals surface area (Å²) in [6.07, 6.45) is 9.77. The number of nitrogens with zero attached hydrogens (tertiary/aromatic N) is 5. The second kappa shape index (κ2) is 6.74. The van der Waals surface area contributed by atoms with Gasteiger partial charge in [-0.15, -0.1) is 0 Å². The van der Waals surface area contributed by atoms with Crippen LogP contribution in [0.25, 0.3) is 5.82 Å². The first-order valence-corrected chi connectivity index (χ1v) is 8.96. The number of anilines is 1. The Bertz CT molecular complexity index is 921. The van der Waals surface area contributed by atoms with Crippen molar-refractivity contribution in [3.63, 3.8) is 0 Å². The van der Waals surface area contributed by atoms with E-state index >= 15 is 0 Å². The van der Waals surface area contributed by atoms with Crippen LogP contribution >= 0.6 is 0 Å². The van der Waals surface area contributed by atoms with Gasteiger partial charge in [0, 0.05) is 11.8 Å². The van der Waals surface area contributed by atoms with E-state index in [1.54, 1.807) is 17.1 Å². The normalized spacial score (nSPS) is 14.7. The van der Waals surface area contributed by atoms with E-state index < -0.39 is 0 Å². The second-order valence-electron chi connectivity index (χ2n) is 6.76. The standard InChI is InChI=1S/C19H22N6O/c1-13-11-21-25(15-7-3-4-8-15)18(13)23-19(26)16-12-22-24(14(16)2)17-9-5-6-10-20-17/h5-6,9-12,15H,3-4,7-8H2,1-2H3,(H,23,26). The molecule has 1 amide bonds. The van der Waals surface area contributed by atoms with E-state index in [0.29, 0.717) is 17.4 Å². The molecule has 0 radical (unpaired) electrons. The minimum Gasteiger partial charge on any atom is -0.306 e. The zero-order valence-electron chi connectivity index (χ0n) is 15.0. The predicted molar refractivity (Wildman–Crippen MR) is 98.5 cm³/mol. The van der Waals surface area contributed by atoms with Gasteiger partial charge >= 0.3 is 0 Å². The Kier molecular flexibility index (Phi) is 4.28. The number of pyridine rings is 1. The minimum atomic E-state index is -0.174. The highest BCUT2D eigenvalue weighted by Crippen LogP contribution is 2.32. The van der Waals surface area contributed by atoms with E-state index in [9.17, 15) is 4.79 Å². The van der Waals surface area contributed by atoms with Crippen molar-refractivity contribution < 1.29 is 4.79 Å². The molecule has 0 saturated heterocycles. The zero-order chi connectivity index (χ0) is 18.1. The molecule has 134 valence electrons. The fraction of sp³-hybridized carbons (Fsp3) is 0.368. The Morgan fingerprint density at radius 3 is 2.69 bits per heavy atom. The summed E-state index contributed by atoms with van der Waals surface area (Å²) in [5, 5.41) is 11.9. The molecule has 4 rings (SSSR count). The van der Waals surface area contributed by atoms with Crippen LogP contribution in [0.15, 0.2) is 36.8 Å². The molecule has 3 aromatic rings. The predicted octanol–water partition coefficient (Wildman–Crippen LogP) is 3.45. The smallest absolute Gasteiger partial charge is 0.260 e. The van der Waals surface area contributed by atoms with Gasteiger partial charge in [-0.1, -0.05) is 18.9 Å². The summed E-state index contributed by atoms with van der Waals surface area (Å²) in [6.45, 7) is 3.84. The molecule has 1 fully saturated rings. The van der Waals surface area contributed by atoms with E-state index in [4.69, 9.17) is 0 Å². The van der Waals surface area contributed by atoms with E-state index in [2.05, 4.69) is 20.5 Å². The van der Waals surface area contributed by atoms with E-state index in [1.807, 2.05) is 42.9 Å². The maximum atomic E-state index is 12.9. The highest BCUT2D eigenvalue weighted by molar-refractivity contribution is 6.04. The second-order valence-corrected chi connectivity index (χ2v) is 6.76. The third kappa shape index (κ3) is 2.89. The molecule has 0 aromatic carbocycles. The molecule has 3 aromatic heterocycles. The highest BCUT2D eigenvalue weighted by Gasteiger charge is 2.23. The molecule has 1 saturated carbocycles. The van der Waals surface area contributed by atoms with Gasteiger partial charge in [0.2, 0.25) is 0 Å². The summed E-state index contributed by atoms with van der Waals surface area (Å²) in [4.78, 5) is 17.2. The quantitative estimate of drug-likeness (QED) is 0.782. The number of hydrogen-bond donors (Lipinski definition) is 1. The summed E-state index contributed by atoms with van der Waals surface area (Å²) in [5.41, 5.74) is 2.26. The van der Waals surface area contributed by atoms with Crippen molar-refractivity contribution in [2.45, 2.75) is 45.6 Å². The monoisotopic (exact) mass is 350 g/mol. The highest BCUT2D eigenvalue weighted by atomic mass is 16.1. The lowest BCUT2D eigenvalue weighted by Gasteiger charge is -2.15. The van der Waals surface area contributed by atoms with Crippen molar-refractivity contribution in [2.75, 3.05) is 5.32 Å². The Balaban J connectivity index is 1.60. The van der Waals surface area contributed by atoms with Crippen molar-refractivity contribution in [2.24, 2.45) is 0 Å². The van der Waals surface area contributed by atoms with Crippen LogP contribution < -0.4 is 5.32 Å². The van der Waals surface area contributed by atoms with Crippen LogP contribution in [0.5, 0.6) is 0 Å². The molecule has 7 heteroatoms. The lowest BCUT2D eigenvalue weighted by atomic mass is 10.2. The number of hydrogen-bond acceptors (Lipinski definition) is 4. The summed E-state index contributed by atoms with van der Waals surface area (Å²) in [6, 6.07) is 5.98. The summed E-state index contributed by atoms with van der Waals surface area (Å²) in [7, 11) is 0. The van der Waals surface area contributed by atoms with Gasteiger partial charge in [0.15, 0.2) is 5.82 Å². The molecule has 1 aliphatic carbocycles.